The molecule has 0 fully saturated rings. The molecule has 0 bridgehead atoms. The molecular formula is C31H30FNO5. The summed E-state index contributed by atoms with van der Waals surface area (Å²) < 4.78 is 31.9. The quantitative estimate of drug-likeness (QED) is 0.254. The van der Waals surface area contributed by atoms with E-state index < -0.39 is 23.2 Å². The predicted octanol–water partition coefficient (Wildman–Crippen LogP) is 6.50. The summed E-state index contributed by atoms with van der Waals surface area (Å²) in [6, 6.07) is 18.0. The number of benzene rings is 3. The van der Waals surface area contributed by atoms with Crippen molar-refractivity contribution < 1.29 is 23.1 Å². The summed E-state index contributed by atoms with van der Waals surface area (Å²) in [5.74, 6) is 0.663. The largest absolute Gasteiger partial charge is 0.490 e. The van der Waals surface area contributed by atoms with E-state index >= 15 is 0 Å². The Morgan fingerprint density at radius 3 is 2.50 bits per heavy atom. The Hall–Kier alpha value is -4.13. The molecule has 38 heavy (non-hydrogen) atoms. The van der Waals surface area contributed by atoms with Crippen molar-refractivity contribution in [1.29, 1.82) is 0 Å². The van der Waals surface area contributed by atoms with E-state index in [9.17, 15) is 14.0 Å². The van der Waals surface area contributed by atoms with Gasteiger partial charge in [-0.2, -0.15) is 0 Å². The van der Waals surface area contributed by atoms with E-state index in [4.69, 9.17) is 13.9 Å². The van der Waals surface area contributed by atoms with Crippen LogP contribution in [0.5, 0.6) is 11.5 Å². The number of carbonyl (C=O) groups excluding carboxylic acids is 1. The zero-order valence-electron chi connectivity index (χ0n) is 21.7. The number of nitrogens with zero attached hydrogens (tertiary/aromatic N) is 1. The van der Waals surface area contributed by atoms with Crippen LogP contribution in [0.3, 0.4) is 0 Å². The van der Waals surface area contributed by atoms with Gasteiger partial charge < -0.3 is 18.8 Å². The minimum atomic E-state index is -0.745. The Balaban J connectivity index is 1.64. The molecule has 0 radical (unpaired) electrons. The van der Waals surface area contributed by atoms with E-state index in [1.165, 1.54) is 12.1 Å². The Bertz CT molecular complexity index is 1530. The predicted molar refractivity (Wildman–Crippen MR) is 143 cm³/mol. The Kier molecular flexibility index (Phi) is 7.18. The topological polar surface area (TPSA) is 69.0 Å². The van der Waals surface area contributed by atoms with Gasteiger partial charge in [-0.15, -0.1) is 0 Å². The fourth-order valence-electron chi connectivity index (χ4n) is 4.77. The molecule has 1 aliphatic rings. The molecule has 0 N–H and O–H groups in total. The van der Waals surface area contributed by atoms with Crippen LogP contribution in [0.1, 0.15) is 60.5 Å². The van der Waals surface area contributed by atoms with Gasteiger partial charge in [0.15, 0.2) is 16.9 Å². The highest BCUT2D eigenvalue weighted by Crippen LogP contribution is 2.42. The van der Waals surface area contributed by atoms with Gasteiger partial charge in [-0.05, 0) is 60.7 Å². The zero-order chi connectivity index (χ0) is 26.8. The van der Waals surface area contributed by atoms with E-state index in [1.807, 2.05) is 55.5 Å². The first-order chi connectivity index (χ1) is 18.4. The lowest BCUT2D eigenvalue weighted by molar-refractivity contribution is 0.0714. The number of fused-ring (bicyclic) bond motifs is 2. The van der Waals surface area contributed by atoms with Crippen molar-refractivity contribution in [2.45, 2.75) is 39.8 Å². The maximum Gasteiger partial charge on any atom is 0.291 e. The van der Waals surface area contributed by atoms with Gasteiger partial charge in [0.05, 0.1) is 30.2 Å². The van der Waals surface area contributed by atoms with Crippen LogP contribution in [0, 0.1) is 11.7 Å². The second-order valence-corrected chi connectivity index (χ2v) is 9.81. The SMILES string of the molecule is CCOc1cc(C2c3c(oc4ccc(F)cc4c3=O)C(=O)N2Cc2ccccc2)ccc1OCCC(C)C. The Labute approximate surface area is 220 Å². The standard InChI is InChI=1S/C31H30FNO5/c1-4-36-26-16-21(10-12-25(26)37-15-14-19(2)3)28-27-29(34)23-17-22(32)11-13-24(23)38-30(27)31(35)33(28)18-20-8-6-5-7-9-20/h5-13,16-17,19,28H,4,14-15,18H2,1-3H3. The van der Waals surface area contributed by atoms with Crippen molar-refractivity contribution in [3.8, 4) is 11.5 Å². The number of carbonyl (C=O) groups is 1. The fourth-order valence-corrected chi connectivity index (χ4v) is 4.77. The maximum absolute atomic E-state index is 14.1. The molecule has 0 saturated heterocycles. The number of hydrogen-bond donors (Lipinski definition) is 0. The van der Waals surface area contributed by atoms with E-state index in [0.29, 0.717) is 36.2 Å². The minimum absolute atomic E-state index is 0.0229. The highest BCUT2D eigenvalue weighted by Gasteiger charge is 2.43. The second-order valence-electron chi connectivity index (χ2n) is 9.81. The molecule has 1 atom stereocenters. The highest BCUT2D eigenvalue weighted by molar-refractivity contribution is 5.99. The van der Waals surface area contributed by atoms with Gasteiger partial charge in [0.25, 0.3) is 5.91 Å². The van der Waals surface area contributed by atoms with Gasteiger partial charge in [0, 0.05) is 6.54 Å². The van der Waals surface area contributed by atoms with Crippen LogP contribution in [-0.2, 0) is 6.54 Å². The van der Waals surface area contributed by atoms with Crippen LogP contribution in [-0.4, -0.2) is 24.0 Å². The van der Waals surface area contributed by atoms with Crippen LogP contribution in [0.4, 0.5) is 4.39 Å². The van der Waals surface area contributed by atoms with E-state index in [0.717, 1.165) is 18.1 Å². The molecule has 2 heterocycles. The molecular weight excluding hydrogens is 485 g/mol. The molecule has 7 heteroatoms. The van der Waals surface area contributed by atoms with Gasteiger partial charge in [-0.3, -0.25) is 9.59 Å². The van der Waals surface area contributed by atoms with Gasteiger partial charge in [0.2, 0.25) is 5.76 Å². The van der Waals surface area contributed by atoms with Crippen LogP contribution in [0.2, 0.25) is 0 Å². The third-order valence-electron chi connectivity index (χ3n) is 6.66. The van der Waals surface area contributed by atoms with Gasteiger partial charge in [0.1, 0.15) is 11.4 Å². The van der Waals surface area contributed by atoms with E-state index in [-0.39, 0.29) is 28.8 Å². The monoisotopic (exact) mass is 515 g/mol. The first kappa shape index (κ1) is 25.5. The maximum atomic E-state index is 14.1. The van der Waals surface area contributed by atoms with Crippen LogP contribution in [0.15, 0.2) is 75.9 Å². The molecule has 0 spiro atoms. The number of rotatable bonds is 9. The molecule has 1 amide bonds. The van der Waals surface area contributed by atoms with Gasteiger partial charge >= 0.3 is 0 Å². The molecule has 1 unspecified atom stereocenters. The summed E-state index contributed by atoms with van der Waals surface area (Å²) in [6.45, 7) is 7.37. The molecule has 4 aromatic rings. The Morgan fingerprint density at radius 2 is 1.76 bits per heavy atom. The highest BCUT2D eigenvalue weighted by atomic mass is 19.1. The van der Waals surface area contributed by atoms with E-state index in [2.05, 4.69) is 13.8 Å². The first-order valence-electron chi connectivity index (χ1n) is 12.9. The lowest BCUT2D eigenvalue weighted by atomic mass is 9.97. The van der Waals surface area contributed by atoms with Crippen molar-refractivity contribution in [2.24, 2.45) is 5.92 Å². The number of amides is 1. The average Bonchev–Trinajstić information content (AvgIpc) is 3.17. The fraction of sp³-hybridized carbons (Fsp3) is 0.290. The summed E-state index contributed by atoms with van der Waals surface area (Å²) in [5, 5.41) is 0.0989. The summed E-state index contributed by atoms with van der Waals surface area (Å²) in [6.07, 6.45) is 0.896. The third kappa shape index (κ3) is 4.88. The normalized spacial score (nSPS) is 14.8. The summed E-state index contributed by atoms with van der Waals surface area (Å²) >= 11 is 0. The molecule has 196 valence electrons. The molecule has 0 aliphatic carbocycles. The first-order valence-corrected chi connectivity index (χ1v) is 12.9. The molecule has 1 aromatic heterocycles. The van der Waals surface area contributed by atoms with Gasteiger partial charge in [-0.1, -0.05) is 50.2 Å². The van der Waals surface area contributed by atoms with Crippen LogP contribution in [0.25, 0.3) is 11.0 Å². The minimum Gasteiger partial charge on any atom is -0.490 e. The van der Waals surface area contributed by atoms with Crippen molar-refractivity contribution in [3.63, 3.8) is 0 Å². The molecule has 0 saturated carbocycles. The summed E-state index contributed by atoms with van der Waals surface area (Å²) in [4.78, 5) is 29.0. The lowest BCUT2D eigenvalue weighted by Crippen LogP contribution is -2.29. The Morgan fingerprint density at radius 1 is 0.974 bits per heavy atom. The average molecular weight is 516 g/mol. The second kappa shape index (κ2) is 10.7. The third-order valence-corrected chi connectivity index (χ3v) is 6.66. The molecule has 3 aromatic carbocycles. The number of hydrogen-bond acceptors (Lipinski definition) is 5. The van der Waals surface area contributed by atoms with E-state index in [1.54, 1.807) is 4.90 Å². The van der Waals surface area contributed by atoms with Crippen LogP contribution < -0.4 is 14.9 Å². The van der Waals surface area contributed by atoms with Crippen molar-refractivity contribution >= 4 is 16.9 Å². The van der Waals surface area contributed by atoms with Crippen LogP contribution >= 0.6 is 0 Å². The number of ether oxygens (including phenoxy) is 2. The smallest absolute Gasteiger partial charge is 0.291 e. The summed E-state index contributed by atoms with van der Waals surface area (Å²) in [5.41, 5.74) is 1.52. The van der Waals surface area contributed by atoms with Crippen molar-refractivity contribution in [2.75, 3.05) is 13.2 Å². The summed E-state index contributed by atoms with van der Waals surface area (Å²) in [7, 11) is 0. The van der Waals surface area contributed by atoms with Crippen molar-refractivity contribution in [1.82, 2.24) is 4.90 Å². The molecule has 1 aliphatic heterocycles. The molecule has 6 nitrogen and oxygen atoms in total. The van der Waals surface area contributed by atoms with Crippen molar-refractivity contribution in [3.05, 3.63) is 105 Å². The number of halogens is 1. The lowest BCUT2D eigenvalue weighted by Gasteiger charge is -2.26. The zero-order valence-corrected chi connectivity index (χ0v) is 21.7. The van der Waals surface area contributed by atoms with Gasteiger partial charge in [-0.25, -0.2) is 4.39 Å². The molecule has 5 rings (SSSR count).